The lowest BCUT2D eigenvalue weighted by Crippen LogP contribution is -2.42. The lowest BCUT2D eigenvalue weighted by atomic mass is 9.99. The van der Waals surface area contributed by atoms with E-state index in [1.54, 1.807) is 31.2 Å². The predicted octanol–water partition coefficient (Wildman–Crippen LogP) is 2.68. The minimum Gasteiger partial charge on any atom is -0.482 e. The first-order chi connectivity index (χ1) is 10.4. The molecule has 0 radical (unpaired) electrons. The van der Waals surface area contributed by atoms with Crippen molar-refractivity contribution in [3.63, 3.8) is 0 Å². The summed E-state index contributed by atoms with van der Waals surface area (Å²) < 4.78 is 10.6. The van der Waals surface area contributed by atoms with Gasteiger partial charge in [-0.2, -0.15) is 0 Å². The van der Waals surface area contributed by atoms with Crippen LogP contribution < -0.4 is 10.1 Å². The highest BCUT2D eigenvalue weighted by atomic mass is 16.5. The molecule has 0 heterocycles. The van der Waals surface area contributed by atoms with Crippen molar-refractivity contribution in [2.75, 3.05) is 18.5 Å². The van der Waals surface area contributed by atoms with Crippen molar-refractivity contribution in [3.8, 4) is 5.75 Å². The average molecular weight is 309 g/mol. The smallest absolute Gasteiger partial charge is 0.341 e. The number of carbonyl (C=O) groups is 2. The summed E-state index contributed by atoms with van der Waals surface area (Å²) in [5, 5.41) is 11.4. The van der Waals surface area contributed by atoms with Crippen LogP contribution in [-0.4, -0.2) is 35.8 Å². The third kappa shape index (κ3) is 5.37. The van der Waals surface area contributed by atoms with Crippen LogP contribution >= 0.6 is 0 Å². The van der Waals surface area contributed by atoms with E-state index in [9.17, 15) is 9.59 Å². The van der Waals surface area contributed by atoms with Crippen LogP contribution in [-0.2, 0) is 14.3 Å². The molecule has 1 amide bonds. The summed E-state index contributed by atoms with van der Waals surface area (Å²) in [6.45, 7) is 5.70. The molecular weight excluding hydrogens is 286 g/mol. The van der Waals surface area contributed by atoms with Gasteiger partial charge in [0.15, 0.2) is 6.61 Å². The number of amides is 1. The first-order valence-electron chi connectivity index (χ1n) is 7.31. The van der Waals surface area contributed by atoms with Gasteiger partial charge in [0.1, 0.15) is 11.4 Å². The number of carbonyl (C=O) groups excluding carboxylic acids is 1. The maximum absolute atomic E-state index is 12.4. The molecule has 0 aromatic heterocycles. The van der Waals surface area contributed by atoms with Crippen molar-refractivity contribution in [2.45, 2.75) is 39.2 Å². The van der Waals surface area contributed by atoms with Gasteiger partial charge in [-0.15, -0.1) is 0 Å². The second-order valence-electron chi connectivity index (χ2n) is 5.07. The van der Waals surface area contributed by atoms with Gasteiger partial charge in [-0.25, -0.2) is 4.79 Å². The van der Waals surface area contributed by atoms with Gasteiger partial charge in [0.05, 0.1) is 0 Å². The number of nitrogens with one attached hydrogen (secondary N) is 1. The average Bonchev–Trinajstić information content (AvgIpc) is 2.47. The Hall–Kier alpha value is -2.08. The molecule has 0 spiro atoms. The Labute approximate surface area is 130 Å². The van der Waals surface area contributed by atoms with Crippen LogP contribution in [0.4, 0.5) is 5.69 Å². The fourth-order valence-corrected chi connectivity index (χ4v) is 2.09. The van der Waals surface area contributed by atoms with E-state index in [1.807, 2.05) is 13.8 Å². The first kappa shape index (κ1) is 18.0. The number of hydrogen-bond donors (Lipinski definition) is 2. The van der Waals surface area contributed by atoms with Crippen LogP contribution in [0, 0.1) is 0 Å². The summed E-state index contributed by atoms with van der Waals surface area (Å²) >= 11 is 0. The Morgan fingerprint density at radius 2 is 1.86 bits per heavy atom. The molecule has 122 valence electrons. The van der Waals surface area contributed by atoms with Gasteiger partial charge in [0.2, 0.25) is 0 Å². The topological polar surface area (TPSA) is 84.9 Å². The zero-order chi connectivity index (χ0) is 16.6. The Morgan fingerprint density at radius 1 is 1.23 bits per heavy atom. The summed E-state index contributed by atoms with van der Waals surface area (Å²) in [6.07, 6.45) is 1.47. The highest BCUT2D eigenvalue weighted by molar-refractivity contribution is 5.97. The molecule has 6 heteroatoms. The van der Waals surface area contributed by atoms with Crippen molar-refractivity contribution in [1.82, 2.24) is 0 Å². The number of aliphatic carboxylic acids is 1. The molecule has 1 aromatic rings. The summed E-state index contributed by atoms with van der Waals surface area (Å²) in [6, 6.07) is 6.54. The SMILES string of the molecule is CCC[C@](C)(OCC)C(=O)Nc1ccc(OCC(=O)O)cc1. The van der Waals surface area contributed by atoms with E-state index in [-0.39, 0.29) is 5.91 Å². The second-order valence-corrected chi connectivity index (χ2v) is 5.07. The molecule has 22 heavy (non-hydrogen) atoms. The third-order valence-corrected chi connectivity index (χ3v) is 3.14. The number of hydrogen-bond acceptors (Lipinski definition) is 4. The maximum Gasteiger partial charge on any atom is 0.341 e. The number of carboxylic acids is 1. The molecule has 1 atom stereocenters. The quantitative estimate of drug-likeness (QED) is 0.732. The van der Waals surface area contributed by atoms with Crippen LogP contribution in [0.15, 0.2) is 24.3 Å². The summed E-state index contributed by atoms with van der Waals surface area (Å²) in [4.78, 5) is 22.8. The van der Waals surface area contributed by atoms with Crippen molar-refractivity contribution >= 4 is 17.6 Å². The van der Waals surface area contributed by atoms with E-state index < -0.39 is 18.2 Å². The number of rotatable bonds is 9. The molecule has 0 aliphatic rings. The van der Waals surface area contributed by atoms with Crippen LogP contribution in [0.1, 0.15) is 33.6 Å². The molecule has 1 aromatic carbocycles. The zero-order valence-electron chi connectivity index (χ0n) is 13.2. The monoisotopic (exact) mass is 309 g/mol. The van der Waals surface area contributed by atoms with E-state index in [1.165, 1.54) is 0 Å². The summed E-state index contributed by atoms with van der Waals surface area (Å²) in [5.74, 6) is -0.804. The molecular formula is C16H23NO5. The molecule has 0 saturated heterocycles. The molecule has 0 fully saturated rings. The fourth-order valence-electron chi connectivity index (χ4n) is 2.09. The van der Waals surface area contributed by atoms with E-state index in [0.717, 1.165) is 6.42 Å². The number of anilines is 1. The Kier molecular flexibility index (Phi) is 6.85. The summed E-state index contributed by atoms with van der Waals surface area (Å²) in [5.41, 5.74) is -0.253. The molecule has 0 saturated carbocycles. The van der Waals surface area contributed by atoms with Gasteiger partial charge >= 0.3 is 5.97 Å². The third-order valence-electron chi connectivity index (χ3n) is 3.14. The van der Waals surface area contributed by atoms with E-state index >= 15 is 0 Å². The maximum atomic E-state index is 12.4. The Balaban J connectivity index is 2.68. The fraction of sp³-hybridized carbons (Fsp3) is 0.500. The predicted molar refractivity (Wildman–Crippen MR) is 83.1 cm³/mol. The zero-order valence-corrected chi connectivity index (χ0v) is 13.2. The van der Waals surface area contributed by atoms with Gasteiger partial charge in [0, 0.05) is 12.3 Å². The number of ether oxygens (including phenoxy) is 2. The largest absolute Gasteiger partial charge is 0.482 e. The minimum atomic E-state index is -1.04. The first-order valence-corrected chi connectivity index (χ1v) is 7.31. The summed E-state index contributed by atoms with van der Waals surface area (Å²) in [7, 11) is 0. The number of benzene rings is 1. The Bertz CT molecular complexity index is 492. The lowest BCUT2D eigenvalue weighted by molar-refractivity contribution is -0.140. The molecule has 1 rings (SSSR count). The molecule has 6 nitrogen and oxygen atoms in total. The van der Waals surface area contributed by atoms with E-state index in [4.69, 9.17) is 14.6 Å². The van der Waals surface area contributed by atoms with E-state index in [0.29, 0.717) is 24.5 Å². The molecule has 2 N–H and O–H groups in total. The van der Waals surface area contributed by atoms with Crippen LogP contribution in [0.25, 0.3) is 0 Å². The van der Waals surface area contributed by atoms with Crippen molar-refractivity contribution in [2.24, 2.45) is 0 Å². The van der Waals surface area contributed by atoms with Gasteiger partial charge in [0.25, 0.3) is 5.91 Å². The highest BCUT2D eigenvalue weighted by Crippen LogP contribution is 2.22. The van der Waals surface area contributed by atoms with Crippen LogP contribution in [0.5, 0.6) is 5.75 Å². The molecule has 0 unspecified atom stereocenters. The molecule has 0 aliphatic carbocycles. The number of carboxylic acid groups (broad SMARTS) is 1. The van der Waals surface area contributed by atoms with Gasteiger partial charge in [-0.1, -0.05) is 13.3 Å². The van der Waals surface area contributed by atoms with Crippen molar-refractivity contribution in [3.05, 3.63) is 24.3 Å². The van der Waals surface area contributed by atoms with Crippen molar-refractivity contribution < 1.29 is 24.2 Å². The van der Waals surface area contributed by atoms with Gasteiger partial charge < -0.3 is 19.9 Å². The van der Waals surface area contributed by atoms with Gasteiger partial charge in [-0.05, 0) is 44.5 Å². The van der Waals surface area contributed by atoms with Gasteiger partial charge in [-0.3, -0.25) is 4.79 Å². The van der Waals surface area contributed by atoms with Crippen LogP contribution in [0.3, 0.4) is 0 Å². The minimum absolute atomic E-state index is 0.199. The normalized spacial score (nSPS) is 13.2. The molecule has 0 aliphatic heterocycles. The Morgan fingerprint density at radius 3 is 2.36 bits per heavy atom. The van der Waals surface area contributed by atoms with Crippen molar-refractivity contribution in [1.29, 1.82) is 0 Å². The van der Waals surface area contributed by atoms with E-state index in [2.05, 4.69) is 5.32 Å². The lowest BCUT2D eigenvalue weighted by Gasteiger charge is -2.27. The second kappa shape index (κ2) is 8.38. The molecule has 0 bridgehead atoms. The van der Waals surface area contributed by atoms with Crippen LogP contribution in [0.2, 0.25) is 0 Å². The highest BCUT2D eigenvalue weighted by Gasteiger charge is 2.32. The standard InChI is InChI=1S/C16H23NO5/c1-4-10-16(3,22-5-2)15(20)17-12-6-8-13(9-7-12)21-11-14(18)19/h6-9H,4-5,10-11H2,1-3H3,(H,17,20)(H,18,19)/t16-/m0/s1.